The molecule has 3 amide bonds. The molecule has 0 aromatic carbocycles. The van der Waals surface area contributed by atoms with Crippen LogP contribution in [0.5, 0.6) is 0 Å². The normalized spacial score (nSPS) is 22.4. The van der Waals surface area contributed by atoms with E-state index in [2.05, 4.69) is 20.8 Å². The number of carbonyl (C=O) groups excluding carboxylic acids is 2. The molecule has 10 nitrogen and oxygen atoms in total. The van der Waals surface area contributed by atoms with Gasteiger partial charge in [0.05, 0.1) is 43.3 Å². The lowest BCUT2D eigenvalue weighted by Gasteiger charge is -2.38. The molecule has 41 heavy (non-hydrogen) atoms. The van der Waals surface area contributed by atoms with Crippen LogP contribution in [-0.4, -0.2) is 66.2 Å². The Kier molecular flexibility index (Phi) is 6.89. The molecule has 2 saturated carbocycles. The number of nitrogens with one attached hydrogen (secondary N) is 2. The number of fused-ring (bicyclic) bond motifs is 1. The van der Waals surface area contributed by atoms with E-state index >= 15 is 0 Å². The Morgan fingerprint density at radius 1 is 1.12 bits per heavy atom. The van der Waals surface area contributed by atoms with Crippen molar-refractivity contribution in [2.24, 2.45) is 11.8 Å². The van der Waals surface area contributed by atoms with E-state index in [-0.39, 0.29) is 43.4 Å². The maximum absolute atomic E-state index is 14.2. The summed E-state index contributed by atoms with van der Waals surface area (Å²) >= 11 is 0. The van der Waals surface area contributed by atoms with Crippen LogP contribution >= 0.6 is 0 Å². The van der Waals surface area contributed by atoms with Crippen molar-refractivity contribution in [3.05, 3.63) is 47.7 Å². The van der Waals surface area contributed by atoms with Gasteiger partial charge in [-0.25, -0.2) is 31.9 Å². The summed E-state index contributed by atoms with van der Waals surface area (Å²) in [6, 6.07) is 1.54. The van der Waals surface area contributed by atoms with E-state index in [0.29, 0.717) is 29.1 Å². The highest BCUT2D eigenvalue weighted by molar-refractivity contribution is 5.92. The molecule has 2 unspecified atom stereocenters. The molecule has 220 valence electrons. The number of nitrogens with zero attached hydrogens (tertiary/aromatic N) is 6. The van der Waals surface area contributed by atoms with E-state index < -0.39 is 43.0 Å². The number of alkyl halides is 4. The lowest BCUT2D eigenvalue weighted by molar-refractivity contribution is -0.0495. The molecule has 2 aliphatic carbocycles. The molecule has 1 saturated heterocycles. The van der Waals surface area contributed by atoms with E-state index in [1.165, 1.54) is 15.6 Å². The van der Waals surface area contributed by atoms with Crippen LogP contribution < -0.4 is 10.6 Å². The fraction of sp³-hybridized carbons (Fsp3) is 0.593. The van der Waals surface area contributed by atoms with Crippen LogP contribution in [0.15, 0.2) is 30.7 Å². The Morgan fingerprint density at radius 2 is 1.88 bits per heavy atom. The Bertz CT molecular complexity index is 1440. The van der Waals surface area contributed by atoms with E-state index in [1.807, 2.05) is 6.92 Å². The second-order valence-corrected chi connectivity index (χ2v) is 11.4. The summed E-state index contributed by atoms with van der Waals surface area (Å²) in [6.07, 6.45) is 6.20. The molecule has 3 aromatic rings. The van der Waals surface area contributed by atoms with Crippen molar-refractivity contribution in [3.63, 3.8) is 0 Å². The molecule has 3 aliphatic rings. The monoisotopic (exact) mass is 576 g/mol. The number of hydrogen-bond acceptors (Lipinski definition) is 5. The van der Waals surface area contributed by atoms with Crippen LogP contribution in [0.2, 0.25) is 0 Å². The first-order valence-corrected chi connectivity index (χ1v) is 14.0. The summed E-state index contributed by atoms with van der Waals surface area (Å²) in [5, 5.41) is 13.9. The highest BCUT2D eigenvalue weighted by Crippen LogP contribution is 2.46. The number of aryl methyl sites for hydroxylation is 1. The van der Waals surface area contributed by atoms with Crippen LogP contribution in [0.25, 0.3) is 5.65 Å². The molecule has 14 heteroatoms. The van der Waals surface area contributed by atoms with Crippen molar-refractivity contribution >= 4 is 17.6 Å². The van der Waals surface area contributed by atoms with Gasteiger partial charge in [0.15, 0.2) is 5.65 Å². The summed E-state index contributed by atoms with van der Waals surface area (Å²) in [7, 11) is 0. The number of amides is 3. The summed E-state index contributed by atoms with van der Waals surface area (Å²) in [4.78, 5) is 31.8. The molecule has 3 fully saturated rings. The van der Waals surface area contributed by atoms with Crippen LogP contribution in [0, 0.1) is 11.8 Å². The van der Waals surface area contributed by atoms with Gasteiger partial charge in [0.25, 0.3) is 11.8 Å². The second-order valence-electron chi connectivity index (χ2n) is 11.4. The third kappa shape index (κ3) is 5.60. The van der Waals surface area contributed by atoms with Gasteiger partial charge in [0, 0.05) is 25.6 Å². The summed E-state index contributed by atoms with van der Waals surface area (Å²) in [5.74, 6) is -6.42. The van der Waals surface area contributed by atoms with E-state index in [1.54, 1.807) is 29.2 Å². The van der Waals surface area contributed by atoms with E-state index in [4.69, 9.17) is 4.98 Å². The highest BCUT2D eigenvalue weighted by Gasteiger charge is 2.47. The van der Waals surface area contributed by atoms with Crippen LogP contribution in [-0.2, 0) is 6.54 Å². The van der Waals surface area contributed by atoms with E-state index in [9.17, 15) is 27.2 Å². The van der Waals surface area contributed by atoms with Gasteiger partial charge in [-0.1, -0.05) is 0 Å². The van der Waals surface area contributed by atoms with Crippen LogP contribution in [0.4, 0.5) is 22.4 Å². The van der Waals surface area contributed by atoms with Crippen molar-refractivity contribution in [3.8, 4) is 0 Å². The number of urea groups is 1. The second kappa shape index (κ2) is 10.3. The summed E-state index contributed by atoms with van der Waals surface area (Å²) < 4.78 is 59.6. The maximum atomic E-state index is 14.2. The lowest BCUT2D eigenvalue weighted by atomic mass is 9.81. The molecule has 1 aliphatic heterocycles. The number of carbonyl (C=O) groups is 2. The molecule has 2 atom stereocenters. The van der Waals surface area contributed by atoms with Crippen molar-refractivity contribution < 1.29 is 27.2 Å². The fourth-order valence-corrected chi connectivity index (χ4v) is 6.07. The fourth-order valence-electron chi connectivity index (χ4n) is 6.07. The van der Waals surface area contributed by atoms with Crippen molar-refractivity contribution in [2.75, 3.05) is 13.1 Å². The van der Waals surface area contributed by atoms with Crippen LogP contribution in [0.3, 0.4) is 0 Å². The first-order valence-electron chi connectivity index (χ1n) is 14.0. The van der Waals surface area contributed by atoms with Gasteiger partial charge in [-0.15, -0.1) is 0 Å². The molecular formula is C27H32F4N8O2. The first-order chi connectivity index (χ1) is 19.5. The average molecular weight is 577 g/mol. The van der Waals surface area contributed by atoms with Gasteiger partial charge in [-0.3, -0.25) is 9.48 Å². The quantitative estimate of drug-likeness (QED) is 0.388. The van der Waals surface area contributed by atoms with Gasteiger partial charge in [-0.05, 0) is 62.1 Å². The standard InChI is InChI=1S/C27H32F4N8O2/c1-2-38-20(7-10-33-38)24(40)36-22(16-5-8-26(28,29)9-6-16)19-13-39-21(35-19)11-18(12-34-39)23(17-3-4-17)37-15-27(30,31)14-32-25(37)41/h7,10-13,16-17,22-23H,2-6,8-9,14-15H2,1H3,(H,32,41)(H,36,40). The van der Waals surface area contributed by atoms with Gasteiger partial charge < -0.3 is 15.5 Å². The maximum Gasteiger partial charge on any atom is 0.318 e. The number of rotatable bonds is 8. The molecule has 6 rings (SSSR count). The minimum Gasteiger partial charge on any atom is -0.342 e. The minimum atomic E-state index is -3.05. The van der Waals surface area contributed by atoms with Gasteiger partial charge >= 0.3 is 6.03 Å². The molecule has 3 aromatic heterocycles. The smallest absolute Gasteiger partial charge is 0.318 e. The van der Waals surface area contributed by atoms with Crippen molar-refractivity contribution in [1.29, 1.82) is 0 Å². The van der Waals surface area contributed by atoms with Crippen molar-refractivity contribution in [1.82, 2.24) is 39.9 Å². The zero-order chi connectivity index (χ0) is 28.9. The molecule has 0 radical (unpaired) electrons. The third-order valence-corrected chi connectivity index (χ3v) is 8.35. The zero-order valence-corrected chi connectivity index (χ0v) is 22.6. The molecule has 0 bridgehead atoms. The van der Waals surface area contributed by atoms with Crippen molar-refractivity contribution in [2.45, 2.75) is 75.9 Å². The van der Waals surface area contributed by atoms with Gasteiger partial charge in [0.1, 0.15) is 5.69 Å². The number of imidazole rings is 1. The highest BCUT2D eigenvalue weighted by atomic mass is 19.3. The van der Waals surface area contributed by atoms with Gasteiger partial charge in [-0.2, -0.15) is 10.2 Å². The molecule has 4 heterocycles. The first kappa shape index (κ1) is 27.5. The number of aromatic nitrogens is 5. The predicted molar refractivity (Wildman–Crippen MR) is 139 cm³/mol. The largest absolute Gasteiger partial charge is 0.342 e. The Morgan fingerprint density at radius 3 is 2.59 bits per heavy atom. The number of halogens is 4. The SMILES string of the molecule is CCn1nccc1C(=O)NC(c1cn2ncc(C(C3CC3)N3CC(F)(F)CNC3=O)cc2n1)C1CCC(F)(F)CC1. The lowest BCUT2D eigenvalue weighted by Crippen LogP contribution is -2.58. The third-order valence-electron chi connectivity index (χ3n) is 8.35. The molecular weight excluding hydrogens is 544 g/mol. The minimum absolute atomic E-state index is 0.0349. The zero-order valence-electron chi connectivity index (χ0n) is 22.6. The molecule has 2 N–H and O–H groups in total. The van der Waals surface area contributed by atoms with Crippen LogP contribution in [0.1, 0.15) is 79.3 Å². The topological polar surface area (TPSA) is 109 Å². The summed E-state index contributed by atoms with van der Waals surface area (Å²) in [5.41, 5.74) is 1.82. The average Bonchev–Trinajstić information content (AvgIpc) is 3.48. The van der Waals surface area contributed by atoms with E-state index in [0.717, 1.165) is 12.8 Å². The van der Waals surface area contributed by atoms with Gasteiger partial charge in [0.2, 0.25) is 5.92 Å². The summed E-state index contributed by atoms with van der Waals surface area (Å²) in [6.45, 7) is 0.971. The Balaban J connectivity index is 1.32. The predicted octanol–water partition coefficient (Wildman–Crippen LogP) is 4.35. The Hall–Kier alpha value is -3.71. The number of hydrogen-bond donors (Lipinski definition) is 2. The molecule has 0 spiro atoms. The Labute approximate surface area is 233 Å².